The summed E-state index contributed by atoms with van der Waals surface area (Å²) in [7, 11) is 0. The van der Waals surface area contributed by atoms with E-state index in [-0.39, 0.29) is 0 Å². The molecule has 1 heteroatoms. The Kier molecular flexibility index (Phi) is 3.62. The Labute approximate surface area is 118 Å². The molecule has 20 heavy (non-hydrogen) atoms. The highest BCUT2D eigenvalue weighted by atomic mass is 16.3. The lowest BCUT2D eigenvalue weighted by molar-refractivity contribution is 0.231. The van der Waals surface area contributed by atoms with Gasteiger partial charge in [0.2, 0.25) is 0 Å². The Bertz CT molecular complexity index is 724. The maximum Gasteiger partial charge on any atom is 0.0981 e. The molecule has 0 amide bonds. The first-order chi connectivity index (χ1) is 9.84. The van der Waals surface area contributed by atoms with Gasteiger partial charge in [0.15, 0.2) is 0 Å². The fourth-order valence-corrected chi connectivity index (χ4v) is 2.38. The van der Waals surface area contributed by atoms with Gasteiger partial charge in [0.05, 0.1) is 6.10 Å². The minimum absolute atomic E-state index is 0.596. The van der Waals surface area contributed by atoms with Crippen molar-refractivity contribution in [2.75, 3.05) is 0 Å². The molecule has 0 saturated heterocycles. The zero-order valence-electron chi connectivity index (χ0n) is 11.1. The second kappa shape index (κ2) is 5.72. The van der Waals surface area contributed by atoms with Crippen LogP contribution >= 0.6 is 0 Å². The standard InChI is InChI=1S/C19H16O/c20-19(14-13-15-7-2-1-3-8-15)18-12-6-10-16-9-4-5-11-17(16)18/h1-14,19-20H. The van der Waals surface area contributed by atoms with Crippen LogP contribution in [-0.2, 0) is 0 Å². The molecule has 0 aliphatic rings. The van der Waals surface area contributed by atoms with E-state index in [2.05, 4.69) is 12.1 Å². The highest BCUT2D eigenvalue weighted by Gasteiger charge is 2.07. The predicted molar refractivity (Wildman–Crippen MR) is 84.4 cm³/mol. The third-order valence-electron chi connectivity index (χ3n) is 3.41. The molecule has 0 saturated carbocycles. The minimum atomic E-state index is -0.596. The second-order valence-corrected chi connectivity index (χ2v) is 4.78. The first-order valence-corrected chi connectivity index (χ1v) is 6.73. The van der Waals surface area contributed by atoms with E-state index in [9.17, 15) is 5.11 Å². The van der Waals surface area contributed by atoms with Crippen molar-refractivity contribution in [3.05, 3.63) is 90.0 Å². The largest absolute Gasteiger partial charge is 0.384 e. The predicted octanol–water partition coefficient (Wildman–Crippen LogP) is 4.59. The molecule has 3 aromatic carbocycles. The zero-order valence-corrected chi connectivity index (χ0v) is 11.1. The Balaban J connectivity index is 1.93. The van der Waals surface area contributed by atoms with Gasteiger partial charge in [-0.15, -0.1) is 0 Å². The topological polar surface area (TPSA) is 20.2 Å². The number of aliphatic hydroxyl groups is 1. The Morgan fingerprint density at radius 1 is 0.750 bits per heavy atom. The number of fused-ring (bicyclic) bond motifs is 1. The molecular formula is C19H16O. The Hall–Kier alpha value is -2.38. The number of aliphatic hydroxyl groups excluding tert-OH is 1. The Morgan fingerprint density at radius 3 is 2.30 bits per heavy atom. The van der Waals surface area contributed by atoms with Crippen molar-refractivity contribution in [2.24, 2.45) is 0 Å². The minimum Gasteiger partial charge on any atom is -0.384 e. The zero-order chi connectivity index (χ0) is 13.8. The molecule has 0 spiro atoms. The molecule has 0 heterocycles. The summed E-state index contributed by atoms with van der Waals surface area (Å²) < 4.78 is 0. The van der Waals surface area contributed by atoms with Gasteiger partial charge < -0.3 is 5.11 Å². The van der Waals surface area contributed by atoms with E-state index in [0.29, 0.717) is 0 Å². The van der Waals surface area contributed by atoms with Gasteiger partial charge in [-0.2, -0.15) is 0 Å². The summed E-state index contributed by atoms with van der Waals surface area (Å²) in [6, 6.07) is 24.1. The first-order valence-electron chi connectivity index (χ1n) is 6.73. The molecule has 1 atom stereocenters. The molecule has 0 radical (unpaired) electrons. The molecule has 98 valence electrons. The van der Waals surface area contributed by atoms with Crippen LogP contribution in [0.5, 0.6) is 0 Å². The highest BCUT2D eigenvalue weighted by molar-refractivity contribution is 5.86. The van der Waals surface area contributed by atoms with Gasteiger partial charge in [-0.1, -0.05) is 84.9 Å². The molecule has 3 aromatic rings. The molecule has 0 aliphatic heterocycles. The average molecular weight is 260 g/mol. The number of hydrogen-bond acceptors (Lipinski definition) is 1. The van der Waals surface area contributed by atoms with Crippen molar-refractivity contribution in [2.45, 2.75) is 6.10 Å². The van der Waals surface area contributed by atoms with Crippen molar-refractivity contribution >= 4 is 16.8 Å². The maximum absolute atomic E-state index is 10.4. The van der Waals surface area contributed by atoms with Gasteiger partial charge in [-0.3, -0.25) is 0 Å². The normalized spacial score (nSPS) is 12.8. The van der Waals surface area contributed by atoms with Crippen LogP contribution in [0.3, 0.4) is 0 Å². The lowest BCUT2D eigenvalue weighted by atomic mass is 10.00. The molecule has 1 N–H and O–H groups in total. The fraction of sp³-hybridized carbons (Fsp3) is 0.0526. The van der Waals surface area contributed by atoms with E-state index >= 15 is 0 Å². The van der Waals surface area contributed by atoms with E-state index in [0.717, 1.165) is 21.9 Å². The van der Waals surface area contributed by atoms with Gasteiger partial charge in [0.1, 0.15) is 0 Å². The number of benzene rings is 3. The molecule has 1 nitrogen and oxygen atoms in total. The monoisotopic (exact) mass is 260 g/mol. The van der Waals surface area contributed by atoms with Crippen molar-refractivity contribution in [1.82, 2.24) is 0 Å². The van der Waals surface area contributed by atoms with E-state index in [1.807, 2.05) is 72.8 Å². The molecule has 1 unspecified atom stereocenters. The highest BCUT2D eigenvalue weighted by Crippen LogP contribution is 2.25. The van der Waals surface area contributed by atoms with Crippen LogP contribution in [0.25, 0.3) is 16.8 Å². The van der Waals surface area contributed by atoms with E-state index in [1.165, 1.54) is 0 Å². The van der Waals surface area contributed by atoms with Crippen molar-refractivity contribution in [1.29, 1.82) is 0 Å². The molecule has 0 aromatic heterocycles. The second-order valence-electron chi connectivity index (χ2n) is 4.78. The van der Waals surface area contributed by atoms with Gasteiger partial charge in [-0.25, -0.2) is 0 Å². The van der Waals surface area contributed by atoms with Gasteiger partial charge >= 0.3 is 0 Å². The van der Waals surface area contributed by atoms with E-state index in [4.69, 9.17) is 0 Å². The summed E-state index contributed by atoms with van der Waals surface area (Å²) in [4.78, 5) is 0. The van der Waals surface area contributed by atoms with Crippen LogP contribution in [0.4, 0.5) is 0 Å². The van der Waals surface area contributed by atoms with Crippen LogP contribution in [-0.4, -0.2) is 5.11 Å². The van der Waals surface area contributed by atoms with Crippen molar-refractivity contribution in [3.63, 3.8) is 0 Å². The van der Waals surface area contributed by atoms with Crippen LogP contribution in [0, 0.1) is 0 Å². The summed E-state index contributed by atoms with van der Waals surface area (Å²) in [5.41, 5.74) is 2.03. The van der Waals surface area contributed by atoms with Crippen LogP contribution in [0.1, 0.15) is 17.2 Å². The third kappa shape index (κ3) is 2.63. The summed E-state index contributed by atoms with van der Waals surface area (Å²) >= 11 is 0. The SMILES string of the molecule is OC(C=Cc1ccccc1)c1cccc2ccccc12. The summed E-state index contributed by atoms with van der Waals surface area (Å²) in [6.07, 6.45) is 3.19. The summed E-state index contributed by atoms with van der Waals surface area (Å²) in [5, 5.41) is 12.6. The smallest absolute Gasteiger partial charge is 0.0981 e. The van der Waals surface area contributed by atoms with Gasteiger partial charge in [0.25, 0.3) is 0 Å². The molecular weight excluding hydrogens is 244 g/mol. The Morgan fingerprint density at radius 2 is 1.45 bits per heavy atom. The van der Waals surface area contributed by atoms with Crippen LogP contribution < -0.4 is 0 Å². The van der Waals surface area contributed by atoms with Gasteiger partial charge in [-0.05, 0) is 21.9 Å². The molecule has 3 rings (SSSR count). The average Bonchev–Trinajstić information content (AvgIpc) is 2.53. The fourth-order valence-electron chi connectivity index (χ4n) is 2.38. The van der Waals surface area contributed by atoms with Crippen molar-refractivity contribution < 1.29 is 5.11 Å². The van der Waals surface area contributed by atoms with E-state index < -0.39 is 6.10 Å². The summed E-state index contributed by atoms with van der Waals surface area (Å²) in [6.45, 7) is 0. The van der Waals surface area contributed by atoms with E-state index in [1.54, 1.807) is 0 Å². The van der Waals surface area contributed by atoms with Crippen LogP contribution in [0.2, 0.25) is 0 Å². The van der Waals surface area contributed by atoms with Crippen molar-refractivity contribution in [3.8, 4) is 0 Å². The lowest BCUT2D eigenvalue weighted by Gasteiger charge is -2.10. The maximum atomic E-state index is 10.4. The van der Waals surface area contributed by atoms with Crippen LogP contribution in [0.15, 0.2) is 78.9 Å². The number of hydrogen-bond donors (Lipinski definition) is 1. The lowest BCUT2D eigenvalue weighted by Crippen LogP contribution is -1.94. The summed E-state index contributed by atoms with van der Waals surface area (Å²) in [5.74, 6) is 0. The first kappa shape index (κ1) is 12.6. The quantitative estimate of drug-likeness (QED) is 0.730. The third-order valence-corrected chi connectivity index (χ3v) is 3.41. The van der Waals surface area contributed by atoms with Gasteiger partial charge in [0, 0.05) is 0 Å². The molecule has 0 bridgehead atoms. The number of rotatable bonds is 3. The molecule has 0 fully saturated rings. The molecule has 0 aliphatic carbocycles.